The number of hydrogen-bond donors (Lipinski definition) is 3. The molecule has 0 aromatic carbocycles. The first-order valence-corrected chi connectivity index (χ1v) is 13.2. The summed E-state index contributed by atoms with van der Waals surface area (Å²) in [6, 6.07) is 0. The van der Waals surface area contributed by atoms with E-state index in [0.29, 0.717) is 36.5 Å². The maximum Gasteiger partial charge on any atom is 0.407 e. The van der Waals surface area contributed by atoms with Crippen molar-refractivity contribution in [2.24, 2.45) is 29.1 Å². The summed E-state index contributed by atoms with van der Waals surface area (Å²) in [6.07, 6.45) is 16.5. The zero-order valence-electron chi connectivity index (χ0n) is 21.1. The molecule has 0 aromatic heterocycles. The van der Waals surface area contributed by atoms with Crippen LogP contribution >= 0.6 is 0 Å². The lowest BCUT2D eigenvalue weighted by Crippen LogP contribution is -2.35. The summed E-state index contributed by atoms with van der Waals surface area (Å²) >= 11 is 0. The molecule has 0 aromatic rings. The van der Waals surface area contributed by atoms with E-state index in [1.165, 1.54) is 31.3 Å². The molecule has 1 amide bonds. The molecule has 4 saturated carbocycles. The van der Waals surface area contributed by atoms with E-state index in [1.807, 2.05) is 0 Å². The van der Waals surface area contributed by atoms with E-state index in [4.69, 9.17) is 4.74 Å². The molecular weight excluding hydrogens is 426 g/mol. The Balaban J connectivity index is 1.46. The van der Waals surface area contributed by atoms with E-state index in [0.717, 1.165) is 30.4 Å². The molecule has 3 N–H and O–H groups in total. The minimum atomic E-state index is -0.639. The highest BCUT2D eigenvalue weighted by molar-refractivity contribution is 5.67. The van der Waals surface area contributed by atoms with Crippen molar-refractivity contribution in [1.29, 1.82) is 0 Å². The van der Waals surface area contributed by atoms with Crippen LogP contribution in [0.25, 0.3) is 0 Å². The quantitative estimate of drug-likeness (QED) is 0.452. The summed E-state index contributed by atoms with van der Waals surface area (Å²) < 4.78 is 5.60. The van der Waals surface area contributed by atoms with Crippen molar-refractivity contribution in [3.63, 3.8) is 0 Å². The molecular formula is C29H43NO4. The molecule has 34 heavy (non-hydrogen) atoms. The van der Waals surface area contributed by atoms with E-state index in [2.05, 4.69) is 50.0 Å². The van der Waals surface area contributed by atoms with Crippen LogP contribution in [0.3, 0.4) is 0 Å². The third kappa shape index (κ3) is 5.36. The molecule has 4 rings (SSSR count). The third-order valence-electron chi connectivity index (χ3n) is 9.07. The fraction of sp³-hybridized carbons (Fsp3) is 0.690. The van der Waals surface area contributed by atoms with E-state index in [9.17, 15) is 15.0 Å². The number of ether oxygens (including phenoxy) is 1. The molecule has 4 aliphatic carbocycles. The second-order valence-corrected chi connectivity index (χ2v) is 11.4. The van der Waals surface area contributed by atoms with Crippen LogP contribution in [0.1, 0.15) is 71.6 Å². The summed E-state index contributed by atoms with van der Waals surface area (Å²) in [5, 5.41) is 22.8. The summed E-state index contributed by atoms with van der Waals surface area (Å²) in [7, 11) is 1.61. The van der Waals surface area contributed by atoms with Crippen LogP contribution in [0.15, 0.2) is 47.6 Å². The SMILES string of the molecule is C=C1C(=CC=C2CCC[C@]3(C)[C@@H]([C@H](C)C=C[C@@H](OC(=O)NC)C4CC4)CC[C@@H]23)C[C@@H](O)C[C@@H]1O. The van der Waals surface area contributed by atoms with E-state index in [1.54, 1.807) is 7.05 Å². The van der Waals surface area contributed by atoms with Crippen molar-refractivity contribution >= 4 is 6.09 Å². The van der Waals surface area contributed by atoms with Crippen LogP contribution in [-0.2, 0) is 4.74 Å². The van der Waals surface area contributed by atoms with Crippen LogP contribution in [0.4, 0.5) is 4.79 Å². The van der Waals surface area contributed by atoms with Crippen LogP contribution in [0.2, 0.25) is 0 Å². The normalized spacial score (nSPS) is 38.2. The molecule has 0 unspecified atom stereocenters. The molecule has 188 valence electrons. The van der Waals surface area contributed by atoms with Crippen LogP contribution in [0.5, 0.6) is 0 Å². The minimum absolute atomic E-state index is 0.116. The van der Waals surface area contributed by atoms with Gasteiger partial charge in [-0.2, -0.15) is 0 Å². The van der Waals surface area contributed by atoms with Crippen LogP contribution in [0, 0.1) is 29.1 Å². The number of rotatable bonds is 6. The summed E-state index contributed by atoms with van der Waals surface area (Å²) in [5.74, 6) is 2.09. The molecule has 7 atom stereocenters. The molecule has 0 spiro atoms. The Kier molecular flexibility index (Phi) is 7.73. The largest absolute Gasteiger partial charge is 0.442 e. The Morgan fingerprint density at radius 2 is 1.97 bits per heavy atom. The van der Waals surface area contributed by atoms with Gasteiger partial charge in [-0.15, -0.1) is 0 Å². The third-order valence-corrected chi connectivity index (χ3v) is 9.07. The average molecular weight is 470 g/mol. The molecule has 0 bridgehead atoms. The highest BCUT2D eigenvalue weighted by Crippen LogP contribution is 2.59. The average Bonchev–Trinajstić information content (AvgIpc) is 3.58. The number of hydrogen-bond acceptors (Lipinski definition) is 4. The highest BCUT2D eigenvalue weighted by Gasteiger charge is 2.50. The predicted molar refractivity (Wildman–Crippen MR) is 135 cm³/mol. The van der Waals surface area contributed by atoms with Gasteiger partial charge >= 0.3 is 6.09 Å². The maximum absolute atomic E-state index is 11.8. The van der Waals surface area contributed by atoms with Gasteiger partial charge in [0.15, 0.2) is 0 Å². The fourth-order valence-electron chi connectivity index (χ4n) is 6.93. The lowest BCUT2D eigenvalue weighted by atomic mass is 9.61. The fourth-order valence-corrected chi connectivity index (χ4v) is 6.93. The number of aliphatic hydroxyl groups is 2. The van der Waals surface area contributed by atoms with Crippen molar-refractivity contribution in [3.8, 4) is 0 Å². The monoisotopic (exact) mass is 469 g/mol. The summed E-state index contributed by atoms with van der Waals surface area (Å²) in [6.45, 7) is 8.87. The Bertz CT molecular complexity index is 869. The van der Waals surface area contributed by atoms with E-state index >= 15 is 0 Å². The molecule has 0 saturated heterocycles. The first-order valence-electron chi connectivity index (χ1n) is 13.2. The number of fused-ring (bicyclic) bond motifs is 1. The Morgan fingerprint density at radius 1 is 1.21 bits per heavy atom. The molecule has 0 radical (unpaired) electrons. The maximum atomic E-state index is 11.8. The van der Waals surface area contributed by atoms with Gasteiger partial charge in [0.1, 0.15) is 6.10 Å². The Morgan fingerprint density at radius 3 is 2.68 bits per heavy atom. The zero-order valence-corrected chi connectivity index (χ0v) is 21.1. The number of carbonyl (C=O) groups excluding carboxylic acids is 1. The zero-order chi connectivity index (χ0) is 24.5. The van der Waals surface area contributed by atoms with E-state index in [-0.39, 0.29) is 17.6 Å². The first kappa shape index (κ1) is 25.2. The summed E-state index contributed by atoms with van der Waals surface area (Å²) in [4.78, 5) is 11.8. The Hall–Kier alpha value is -1.85. The van der Waals surface area contributed by atoms with Gasteiger partial charge in [-0.1, -0.05) is 44.2 Å². The highest BCUT2D eigenvalue weighted by atomic mass is 16.6. The molecule has 0 aliphatic heterocycles. The van der Waals surface area contributed by atoms with Crippen molar-refractivity contribution in [2.75, 3.05) is 7.05 Å². The van der Waals surface area contributed by atoms with Crippen LogP contribution in [-0.4, -0.2) is 41.7 Å². The van der Waals surface area contributed by atoms with Gasteiger partial charge in [-0.25, -0.2) is 4.79 Å². The van der Waals surface area contributed by atoms with Gasteiger partial charge in [0.2, 0.25) is 0 Å². The van der Waals surface area contributed by atoms with Gasteiger partial charge < -0.3 is 20.3 Å². The number of alkyl carbamates (subject to hydrolysis) is 1. The molecule has 4 fully saturated rings. The van der Waals surface area contributed by atoms with Crippen molar-refractivity contribution in [2.45, 2.75) is 89.9 Å². The lowest BCUT2D eigenvalue weighted by Gasteiger charge is -2.44. The smallest absolute Gasteiger partial charge is 0.407 e. The van der Waals surface area contributed by atoms with Gasteiger partial charge in [-0.05, 0) is 97.7 Å². The standard InChI is InChI=1S/C29H43NO4/c1-18(7-14-27(21-9-10-21)34-28(33)30-4)24-12-13-25-20(6-5-15-29(24,25)3)8-11-22-16-23(31)17-26(32)19(22)2/h7-8,11,14,18,21,23-27,31-32H,2,5-6,9-10,12-13,15-17H2,1,3-4H3,(H,30,33)/t18-,23-,24-,25+,26+,27-,29-/m1/s1. The number of aliphatic hydroxyl groups excluding tert-OH is 2. The van der Waals surface area contributed by atoms with Gasteiger partial charge in [-0.3, -0.25) is 0 Å². The molecule has 4 aliphatic rings. The lowest BCUT2D eigenvalue weighted by molar-refractivity contribution is 0.0862. The topological polar surface area (TPSA) is 78.8 Å². The van der Waals surface area contributed by atoms with Gasteiger partial charge in [0.25, 0.3) is 0 Å². The van der Waals surface area contributed by atoms with E-state index < -0.39 is 12.2 Å². The predicted octanol–water partition coefficient (Wildman–Crippen LogP) is 5.45. The molecule has 5 heteroatoms. The van der Waals surface area contributed by atoms with Gasteiger partial charge in [0, 0.05) is 13.5 Å². The first-order chi connectivity index (χ1) is 16.2. The van der Waals surface area contributed by atoms with Crippen molar-refractivity contribution in [1.82, 2.24) is 5.32 Å². The number of amides is 1. The second-order valence-electron chi connectivity index (χ2n) is 11.4. The number of carbonyl (C=O) groups is 1. The number of allylic oxidation sites excluding steroid dienone is 4. The number of nitrogens with one attached hydrogen (secondary N) is 1. The van der Waals surface area contributed by atoms with Crippen molar-refractivity contribution < 1.29 is 19.7 Å². The second kappa shape index (κ2) is 10.4. The molecule has 0 heterocycles. The van der Waals surface area contributed by atoms with Gasteiger partial charge in [0.05, 0.1) is 12.2 Å². The molecule has 5 nitrogen and oxygen atoms in total. The van der Waals surface area contributed by atoms with Crippen LogP contribution < -0.4 is 5.32 Å². The summed E-state index contributed by atoms with van der Waals surface area (Å²) in [5.41, 5.74) is 3.53. The Labute approximate surface area is 205 Å². The minimum Gasteiger partial charge on any atom is -0.442 e. The van der Waals surface area contributed by atoms with Crippen molar-refractivity contribution in [3.05, 3.63) is 47.6 Å².